The molecule has 1 spiro atoms. The molecule has 1 unspecified atom stereocenters. The van der Waals surface area contributed by atoms with Crippen molar-refractivity contribution in [3.63, 3.8) is 0 Å². The second-order valence-electron chi connectivity index (χ2n) is 5.51. The minimum atomic E-state index is -0.741. The van der Waals surface area contributed by atoms with Gasteiger partial charge in [-0.05, 0) is 30.6 Å². The summed E-state index contributed by atoms with van der Waals surface area (Å²) in [4.78, 5) is 0. The van der Waals surface area contributed by atoms with E-state index in [2.05, 4.69) is 18.6 Å². The highest BCUT2D eigenvalue weighted by molar-refractivity contribution is 7.83. The zero-order valence-electron chi connectivity index (χ0n) is 8.30. The fourth-order valence-corrected chi connectivity index (χ4v) is 5.93. The smallest absolute Gasteiger partial charge is 0.0924 e. The van der Waals surface area contributed by atoms with Gasteiger partial charge in [-0.25, -0.2) is 8.93 Å². The van der Waals surface area contributed by atoms with Crippen molar-refractivity contribution in [2.45, 2.75) is 39.2 Å². The summed E-state index contributed by atoms with van der Waals surface area (Å²) in [6.07, 6.45) is 3.93. The molecular weight excluding hydrogens is 182 g/mol. The molecule has 2 bridgehead atoms. The lowest BCUT2D eigenvalue weighted by Crippen LogP contribution is -2.39. The van der Waals surface area contributed by atoms with Gasteiger partial charge in [-0.2, -0.15) is 0 Å². The van der Waals surface area contributed by atoms with E-state index < -0.39 is 11.0 Å². The Hall–Kier alpha value is 0.110. The maximum Gasteiger partial charge on any atom is 0.0924 e. The van der Waals surface area contributed by atoms with Gasteiger partial charge in [0, 0.05) is 17.2 Å². The quantitative estimate of drug-likeness (QED) is 0.628. The van der Waals surface area contributed by atoms with Crippen molar-refractivity contribution in [1.29, 1.82) is 0 Å². The van der Waals surface area contributed by atoms with Crippen LogP contribution in [0.1, 0.15) is 33.1 Å². The van der Waals surface area contributed by atoms with E-state index in [1.807, 2.05) is 0 Å². The number of hydrogen-bond acceptors (Lipinski definition) is 1. The van der Waals surface area contributed by atoms with E-state index in [9.17, 15) is 4.21 Å². The van der Waals surface area contributed by atoms with Gasteiger partial charge in [-0.15, -0.1) is 0 Å². The topological polar surface area (TPSA) is 29.1 Å². The third-order valence-corrected chi connectivity index (χ3v) is 6.42. The third kappa shape index (κ3) is 0.769. The van der Waals surface area contributed by atoms with Gasteiger partial charge >= 0.3 is 0 Å². The molecule has 1 saturated heterocycles. The Balaban J connectivity index is 2.09. The summed E-state index contributed by atoms with van der Waals surface area (Å²) in [5.41, 5.74) is 0.805. The maximum atomic E-state index is 11.5. The molecule has 0 aromatic heterocycles. The number of nitrogens with one attached hydrogen (secondary N) is 1. The van der Waals surface area contributed by atoms with Crippen LogP contribution < -0.4 is 4.72 Å². The minimum absolute atomic E-state index is 0.378. The van der Waals surface area contributed by atoms with Crippen LogP contribution in [0.25, 0.3) is 0 Å². The molecule has 2 aliphatic carbocycles. The van der Waals surface area contributed by atoms with Gasteiger partial charge < -0.3 is 0 Å². The Bertz CT molecular complexity index is 289. The van der Waals surface area contributed by atoms with Gasteiger partial charge in [0.15, 0.2) is 0 Å². The average Bonchev–Trinajstić information content (AvgIpc) is 2.55. The summed E-state index contributed by atoms with van der Waals surface area (Å²) in [6, 6.07) is 0.557. The predicted molar refractivity (Wildman–Crippen MR) is 53.5 cm³/mol. The van der Waals surface area contributed by atoms with Gasteiger partial charge in [-0.1, -0.05) is 13.8 Å². The molecule has 74 valence electrons. The molecule has 0 aromatic carbocycles. The van der Waals surface area contributed by atoms with Crippen LogP contribution >= 0.6 is 0 Å². The van der Waals surface area contributed by atoms with Crippen molar-refractivity contribution in [3.8, 4) is 0 Å². The molecule has 3 heteroatoms. The molecule has 3 aliphatic rings. The van der Waals surface area contributed by atoms with Crippen LogP contribution in [-0.2, 0) is 11.0 Å². The largest absolute Gasteiger partial charge is 0.243 e. The number of hydrogen-bond donors (Lipinski definition) is 1. The second-order valence-corrected chi connectivity index (χ2v) is 6.72. The molecule has 0 aromatic rings. The van der Waals surface area contributed by atoms with E-state index in [1.165, 1.54) is 19.3 Å². The summed E-state index contributed by atoms with van der Waals surface area (Å²) >= 11 is 0. The van der Waals surface area contributed by atoms with E-state index in [0.717, 1.165) is 11.7 Å². The first kappa shape index (κ1) is 8.42. The fraction of sp³-hybridized carbons (Fsp3) is 1.00. The first-order valence-electron chi connectivity index (χ1n) is 5.21. The molecule has 4 atom stereocenters. The Morgan fingerprint density at radius 2 is 2.23 bits per heavy atom. The van der Waals surface area contributed by atoms with Crippen LogP contribution in [0, 0.1) is 16.7 Å². The Labute approximate surface area is 82.1 Å². The van der Waals surface area contributed by atoms with Crippen LogP contribution in [0.2, 0.25) is 0 Å². The monoisotopic (exact) mass is 199 g/mol. The molecule has 3 fully saturated rings. The summed E-state index contributed by atoms with van der Waals surface area (Å²) in [5.74, 6) is 1.78. The molecule has 13 heavy (non-hydrogen) atoms. The SMILES string of the molecule is CC1(C)[C@@H]2CC[C@]13CS(=O)N[C@H]3C2. The van der Waals surface area contributed by atoms with E-state index in [4.69, 9.17) is 0 Å². The Kier molecular flexibility index (Phi) is 1.42. The van der Waals surface area contributed by atoms with Crippen molar-refractivity contribution < 1.29 is 4.21 Å². The van der Waals surface area contributed by atoms with Crippen molar-refractivity contribution >= 4 is 11.0 Å². The highest BCUT2D eigenvalue weighted by Crippen LogP contribution is 2.67. The van der Waals surface area contributed by atoms with Crippen LogP contribution in [0.3, 0.4) is 0 Å². The van der Waals surface area contributed by atoms with Crippen LogP contribution in [-0.4, -0.2) is 16.0 Å². The van der Waals surface area contributed by atoms with Crippen molar-refractivity contribution in [2.24, 2.45) is 16.7 Å². The summed E-state index contributed by atoms with van der Waals surface area (Å²) in [7, 11) is -0.741. The second kappa shape index (κ2) is 2.19. The lowest BCUT2D eigenvalue weighted by atomic mass is 9.69. The normalized spacial score (nSPS) is 56.9. The number of rotatable bonds is 0. The molecule has 1 N–H and O–H groups in total. The standard InChI is InChI=1S/C10H17NOS/c1-9(2)7-3-4-10(9)6-13(12)11-8(10)5-7/h7-8,11H,3-6H2,1-2H3/t7-,8+,10-,13?/m1/s1. The molecular formula is C10H17NOS. The zero-order valence-corrected chi connectivity index (χ0v) is 9.12. The summed E-state index contributed by atoms with van der Waals surface area (Å²) < 4.78 is 14.8. The first-order valence-corrected chi connectivity index (χ1v) is 6.53. The van der Waals surface area contributed by atoms with Crippen molar-refractivity contribution in [1.82, 2.24) is 4.72 Å². The van der Waals surface area contributed by atoms with Crippen LogP contribution in [0.4, 0.5) is 0 Å². The van der Waals surface area contributed by atoms with Crippen LogP contribution in [0.5, 0.6) is 0 Å². The molecule has 1 heterocycles. The highest BCUT2D eigenvalue weighted by atomic mass is 32.2. The minimum Gasteiger partial charge on any atom is -0.243 e. The Morgan fingerprint density at radius 1 is 1.46 bits per heavy atom. The fourth-order valence-electron chi connectivity index (χ4n) is 4.02. The lowest BCUT2D eigenvalue weighted by Gasteiger charge is -2.36. The first-order chi connectivity index (χ1) is 6.06. The van der Waals surface area contributed by atoms with Gasteiger partial charge in [0.2, 0.25) is 0 Å². The van der Waals surface area contributed by atoms with Gasteiger partial charge in [0.05, 0.1) is 11.0 Å². The predicted octanol–water partition coefficient (Wildman–Crippen LogP) is 1.45. The van der Waals surface area contributed by atoms with E-state index >= 15 is 0 Å². The lowest BCUT2D eigenvalue weighted by molar-refractivity contribution is 0.146. The van der Waals surface area contributed by atoms with E-state index in [-0.39, 0.29) is 0 Å². The zero-order chi connectivity index (χ0) is 9.27. The number of fused-ring (bicyclic) bond motifs is 1. The van der Waals surface area contributed by atoms with Gasteiger partial charge in [0.25, 0.3) is 0 Å². The molecule has 0 radical (unpaired) electrons. The third-order valence-electron chi connectivity index (χ3n) is 5.09. The van der Waals surface area contributed by atoms with Gasteiger partial charge in [0.1, 0.15) is 0 Å². The van der Waals surface area contributed by atoms with Crippen molar-refractivity contribution in [2.75, 3.05) is 5.75 Å². The average molecular weight is 199 g/mol. The highest BCUT2D eigenvalue weighted by Gasteiger charge is 2.67. The molecule has 2 nitrogen and oxygen atoms in total. The molecule has 2 saturated carbocycles. The molecule has 1 aliphatic heterocycles. The molecule has 3 rings (SSSR count). The van der Waals surface area contributed by atoms with E-state index in [1.54, 1.807) is 0 Å². The van der Waals surface area contributed by atoms with Crippen LogP contribution in [0.15, 0.2) is 0 Å². The molecule has 0 amide bonds. The van der Waals surface area contributed by atoms with Gasteiger partial charge in [-0.3, -0.25) is 0 Å². The maximum absolute atomic E-state index is 11.5. The van der Waals surface area contributed by atoms with E-state index in [0.29, 0.717) is 16.9 Å². The Morgan fingerprint density at radius 3 is 2.85 bits per heavy atom. The van der Waals surface area contributed by atoms with Crippen molar-refractivity contribution in [3.05, 3.63) is 0 Å². The summed E-state index contributed by atoms with van der Waals surface area (Å²) in [5, 5.41) is 0. The summed E-state index contributed by atoms with van der Waals surface area (Å²) in [6.45, 7) is 4.77.